The zero-order valence-electron chi connectivity index (χ0n) is 33.3. The molecular weight excluding hydrogens is 733 g/mol. The molecule has 1 atom stereocenters. The highest BCUT2D eigenvalue weighted by atomic mass is 14.5. The molecule has 0 bridgehead atoms. The molecule has 0 aromatic heterocycles. The minimum absolute atomic E-state index is 0.569. The second-order valence-electron chi connectivity index (χ2n) is 17.0. The summed E-state index contributed by atoms with van der Waals surface area (Å²) in [6, 6.07) is 82.6. The molecule has 2 aliphatic carbocycles. The quantitative estimate of drug-likeness (QED) is 0.121. The van der Waals surface area contributed by atoms with Crippen LogP contribution in [0, 0.1) is 0 Å². The fourth-order valence-corrected chi connectivity index (χ4v) is 11.9. The first-order valence-electron chi connectivity index (χ1n) is 21.4. The largest absolute Gasteiger partial charge is 0.0732 e. The van der Waals surface area contributed by atoms with E-state index in [1.807, 2.05) is 0 Å². The lowest BCUT2D eigenvalue weighted by atomic mass is 9.68. The van der Waals surface area contributed by atoms with Gasteiger partial charge in [0.2, 0.25) is 0 Å². The molecule has 0 amide bonds. The van der Waals surface area contributed by atoms with Crippen LogP contribution >= 0.6 is 0 Å². The molecule has 280 valence electrons. The third-order valence-corrected chi connectivity index (χ3v) is 14.2. The first kappa shape index (κ1) is 33.1. The van der Waals surface area contributed by atoms with Crippen molar-refractivity contribution >= 4 is 64.6 Å². The number of rotatable bonds is 2. The lowest BCUT2D eigenvalue weighted by molar-refractivity contribution is 0.802. The molecule has 0 N–H and O–H groups in total. The minimum Gasteiger partial charge on any atom is -0.0619 e. The Morgan fingerprint density at radius 3 is 1.52 bits per heavy atom. The third-order valence-electron chi connectivity index (χ3n) is 14.2. The van der Waals surface area contributed by atoms with Crippen molar-refractivity contribution in [3.8, 4) is 44.5 Å². The lowest BCUT2D eigenvalue weighted by Crippen LogP contribution is -2.26. The Morgan fingerprint density at radius 1 is 0.246 bits per heavy atom. The van der Waals surface area contributed by atoms with Gasteiger partial charge in [0.15, 0.2) is 0 Å². The highest BCUT2D eigenvalue weighted by Crippen LogP contribution is 2.66. The molecule has 0 saturated heterocycles. The van der Waals surface area contributed by atoms with Crippen molar-refractivity contribution in [3.63, 3.8) is 0 Å². The second kappa shape index (κ2) is 12.1. The third kappa shape index (κ3) is 4.24. The van der Waals surface area contributed by atoms with Gasteiger partial charge in [0, 0.05) is 0 Å². The summed E-state index contributed by atoms with van der Waals surface area (Å²) in [7, 11) is 0. The predicted octanol–water partition coefficient (Wildman–Crippen LogP) is 16.3. The van der Waals surface area contributed by atoms with E-state index in [0.717, 1.165) is 0 Å². The molecule has 1 unspecified atom stereocenters. The molecule has 0 radical (unpaired) electrons. The molecule has 0 heteroatoms. The number of hydrogen-bond acceptors (Lipinski definition) is 0. The van der Waals surface area contributed by atoms with E-state index in [0.29, 0.717) is 0 Å². The van der Waals surface area contributed by atoms with Crippen molar-refractivity contribution in [1.29, 1.82) is 0 Å². The molecule has 1 spiro atoms. The van der Waals surface area contributed by atoms with Crippen molar-refractivity contribution in [1.82, 2.24) is 0 Å². The van der Waals surface area contributed by atoms with E-state index in [4.69, 9.17) is 0 Å². The van der Waals surface area contributed by atoms with E-state index in [1.54, 1.807) is 0 Å². The molecule has 14 rings (SSSR count). The van der Waals surface area contributed by atoms with Gasteiger partial charge in [-0.25, -0.2) is 0 Å². The topological polar surface area (TPSA) is 0 Å². The Balaban J connectivity index is 1.19. The highest BCUT2D eigenvalue weighted by molar-refractivity contribution is 6.28. The SMILES string of the molecule is c1ccc2c(c1)-c1ccc(-c3c4ccccc4cc4ccccc34)cc1C21c2ccccc2-c2c1c1c3ccccc3c(-c3cccc4ccccc34)cc1c1ccccc21. The number of benzene rings is 12. The van der Waals surface area contributed by atoms with Gasteiger partial charge < -0.3 is 0 Å². The Kier molecular flexibility index (Phi) is 6.58. The summed E-state index contributed by atoms with van der Waals surface area (Å²) in [6.45, 7) is 0. The van der Waals surface area contributed by atoms with E-state index in [9.17, 15) is 0 Å². The summed E-state index contributed by atoms with van der Waals surface area (Å²) in [4.78, 5) is 0. The summed E-state index contributed by atoms with van der Waals surface area (Å²) in [5, 5.41) is 15.4. The van der Waals surface area contributed by atoms with E-state index in [-0.39, 0.29) is 0 Å². The van der Waals surface area contributed by atoms with E-state index >= 15 is 0 Å². The predicted molar refractivity (Wildman–Crippen MR) is 259 cm³/mol. The Hall–Kier alpha value is -7.80. The van der Waals surface area contributed by atoms with E-state index in [2.05, 4.69) is 218 Å². The monoisotopic (exact) mass is 768 g/mol. The molecule has 0 saturated carbocycles. The Morgan fingerprint density at radius 2 is 0.770 bits per heavy atom. The fourth-order valence-electron chi connectivity index (χ4n) is 11.9. The zero-order chi connectivity index (χ0) is 39.8. The molecular formula is C61H36. The average molecular weight is 769 g/mol. The van der Waals surface area contributed by atoms with Gasteiger partial charge in [-0.2, -0.15) is 0 Å². The first-order chi connectivity index (χ1) is 30.3. The normalized spacial score (nSPS) is 15.0. The van der Waals surface area contributed by atoms with Gasteiger partial charge in [-0.05, 0) is 150 Å². The van der Waals surface area contributed by atoms with Crippen LogP contribution in [0.3, 0.4) is 0 Å². The van der Waals surface area contributed by atoms with Gasteiger partial charge in [0.05, 0.1) is 5.41 Å². The smallest absolute Gasteiger partial charge is 0.0619 e. The van der Waals surface area contributed by atoms with Gasteiger partial charge in [-0.3, -0.25) is 0 Å². The molecule has 0 fully saturated rings. The van der Waals surface area contributed by atoms with Crippen LogP contribution in [0.1, 0.15) is 22.3 Å². The van der Waals surface area contributed by atoms with Crippen molar-refractivity contribution in [2.75, 3.05) is 0 Å². The second-order valence-corrected chi connectivity index (χ2v) is 17.0. The summed E-state index contributed by atoms with van der Waals surface area (Å²) in [6.07, 6.45) is 0. The van der Waals surface area contributed by atoms with Crippen LogP contribution in [-0.4, -0.2) is 0 Å². The molecule has 0 nitrogen and oxygen atoms in total. The van der Waals surface area contributed by atoms with Crippen LogP contribution in [-0.2, 0) is 5.41 Å². The van der Waals surface area contributed by atoms with Crippen molar-refractivity contribution in [3.05, 3.63) is 241 Å². The molecule has 2 aliphatic rings. The minimum atomic E-state index is -0.569. The van der Waals surface area contributed by atoms with Crippen molar-refractivity contribution < 1.29 is 0 Å². The van der Waals surface area contributed by atoms with Crippen LogP contribution in [0.5, 0.6) is 0 Å². The van der Waals surface area contributed by atoms with Gasteiger partial charge in [0.1, 0.15) is 0 Å². The molecule has 61 heavy (non-hydrogen) atoms. The van der Waals surface area contributed by atoms with Gasteiger partial charge in [-0.15, -0.1) is 0 Å². The van der Waals surface area contributed by atoms with Gasteiger partial charge in [-0.1, -0.05) is 200 Å². The van der Waals surface area contributed by atoms with E-state index < -0.39 is 5.41 Å². The maximum atomic E-state index is 2.57. The fraction of sp³-hybridized carbons (Fsp3) is 0.0164. The van der Waals surface area contributed by atoms with Gasteiger partial charge >= 0.3 is 0 Å². The standard InChI is InChI=1S/C61H36/c1-4-20-41-37(16-1)19-15-29-44(41)52-36-53-46-24-8-10-27-50(46)58-51-28-12-14-31-55(51)61(60(58)59(53)49-26-9-7-23-45(49)52)54-30-13-11-25-47(54)48-33-32-40(35-56(48)61)57-42-21-5-2-17-38(42)34-39-18-3-6-22-43(39)57/h1-36H. The Labute approximate surface area is 353 Å². The first-order valence-corrected chi connectivity index (χ1v) is 21.4. The maximum absolute atomic E-state index is 2.57. The maximum Gasteiger partial charge on any atom is 0.0732 e. The van der Waals surface area contributed by atoms with Crippen molar-refractivity contribution in [2.45, 2.75) is 5.41 Å². The highest BCUT2D eigenvalue weighted by Gasteiger charge is 2.53. The zero-order valence-corrected chi connectivity index (χ0v) is 33.3. The van der Waals surface area contributed by atoms with Crippen molar-refractivity contribution in [2.24, 2.45) is 0 Å². The summed E-state index contributed by atoms with van der Waals surface area (Å²) in [5.74, 6) is 0. The number of fused-ring (bicyclic) bond motifs is 20. The van der Waals surface area contributed by atoms with E-state index in [1.165, 1.54) is 131 Å². The van der Waals surface area contributed by atoms with Crippen LogP contribution in [0.15, 0.2) is 218 Å². The average Bonchev–Trinajstić information content (AvgIpc) is 3.80. The van der Waals surface area contributed by atoms with Crippen LogP contribution in [0.4, 0.5) is 0 Å². The number of hydrogen-bond donors (Lipinski definition) is 0. The van der Waals surface area contributed by atoms with Crippen LogP contribution in [0.2, 0.25) is 0 Å². The van der Waals surface area contributed by atoms with Crippen LogP contribution in [0.25, 0.3) is 109 Å². The summed E-state index contributed by atoms with van der Waals surface area (Å²) in [5.41, 5.74) is 15.3. The molecule has 12 aromatic rings. The molecule has 0 aliphatic heterocycles. The lowest BCUT2D eigenvalue weighted by Gasteiger charge is -2.33. The van der Waals surface area contributed by atoms with Gasteiger partial charge in [0.25, 0.3) is 0 Å². The molecule has 0 heterocycles. The van der Waals surface area contributed by atoms with Crippen LogP contribution < -0.4 is 0 Å². The molecule has 12 aromatic carbocycles. The summed E-state index contributed by atoms with van der Waals surface area (Å²) >= 11 is 0. The Bertz CT molecular complexity index is 3820. The summed E-state index contributed by atoms with van der Waals surface area (Å²) < 4.78 is 0.